The van der Waals surface area contributed by atoms with E-state index in [0.717, 1.165) is 24.8 Å². The Morgan fingerprint density at radius 3 is 2.78 bits per heavy atom. The Morgan fingerprint density at radius 2 is 2.04 bits per heavy atom. The van der Waals surface area contributed by atoms with E-state index >= 15 is 0 Å². The van der Waals surface area contributed by atoms with Crippen LogP contribution < -0.4 is 0 Å². The maximum atomic E-state index is 12.1. The van der Waals surface area contributed by atoms with Gasteiger partial charge in [0.15, 0.2) is 5.78 Å². The van der Waals surface area contributed by atoms with Crippen LogP contribution in [0.5, 0.6) is 0 Å². The maximum Gasteiger partial charge on any atom is 0.223 e. The molecule has 23 heavy (non-hydrogen) atoms. The van der Waals surface area contributed by atoms with Crippen molar-refractivity contribution < 1.29 is 14.7 Å². The van der Waals surface area contributed by atoms with Gasteiger partial charge in [0.25, 0.3) is 0 Å². The van der Waals surface area contributed by atoms with Crippen LogP contribution in [-0.2, 0) is 16.0 Å². The Hall–Kier alpha value is -1.94. The van der Waals surface area contributed by atoms with E-state index in [4.69, 9.17) is 5.11 Å². The quantitative estimate of drug-likeness (QED) is 0.592. The highest BCUT2D eigenvalue weighted by Crippen LogP contribution is 2.20. The number of allylic oxidation sites excluding steroid dienone is 1. The van der Waals surface area contributed by atoms with E-state index in [0.29, 0.717) is 25.8 Å². The summed E-state index contributed by atoms with van der Waals surface area (Å²) in [6.07, 6.45) is 7.75. The lowest BCUT2D eigenvalue weighted by molar-refractivity contribution is -0.135. The topological polar surface area (TPSA) is 57.6 Å². The fourth-order valence-corrected chi connectivity index (χ4v) is 2.91. The van der Waals surface area contributed by atoms with Crippen LogP contribution in [0.3, 0.4) is 0 Å². The Kier molecular flexibility index (Phi) is 7.01. The molecule has 1 fully saturated rings. The van der Waals surface area contributed by atoms with Crippen LogP contribution in [0, 0.1) is 0 Å². The third-order valence-electron chi connectivity index (χ3n) is 4.14. The summed E-state index contributed by atoms with van der Waals surface area (Å²) < 4.78 is 0. The molecule has 1 heterocycles. The number of carbonyl (C=O) groups is 2. The Balaban J connectivity index is 1.92. The molecule has 124 valence electrons. The minimum absolute atomic E-state index is 0.00895. The summed E-state index contributed by atoms with van der Waals surface area (Å²) in [5.74, 6) is 0.212. The van der Waals surface area contributed by atoms with Crippen LogP contribution in [0.25, 0.3) is 0 Å². The second kappa shape index (κ2) is 9.26. The van der Waals surface area contributed by atoms with Crippen molar-refractivity contribution in [1.82, 2.24) is 4.90 Å². The minimum Gasteiger partial charge on any atom is -0.396 e. The van der Waals surface area contributed by atoms with Crippen molar-refractivity contribution in [3.8, 4) is 0 Å². The molecule has 0 saturated carbocycles. The molecule has 4 nitrogen and oxygen atoms in total. The third-order valence-corrected chi connectivity index (χ3v) is 4.14. The molecule has 1 aromatic rings. The van der Waals surface area contributed by atoms with Gasteiger partial charge in [0, 0.05) is 26.0 Å². The zero-order valence-electron chi connectivity index (χ0n) is 13.5. The van der Waals surface area contributed by atoms with Gasteiger partial charge in [-0.05, 0) is 37.3 Å². The van der Waals surface area contributed by atoms with Crippen molar-refractivity contribution in [3.05, 3.63) is 48.0 Å². The molecule has 1 saturated heterocycles. The molecule has 1 aliphatic heterocycles. The first-order valence-electron chi connectivity index (χ1n) is 8.36. The zero-order valence-corrected chi connectivity index (χ0v) is 13.5. The monoisotopic (exact) mass is 315 g/mol. The second-order valence-corrected chi connectivity index (χ2v) is 5.97. The lowest BCUT2D eigenvalue weighted by Crippen LogP contribution is -2.43. The van der Waals surface area contributed by atoms with Gasteiger partial charge in [-0.3, -0.25) is 9.59 Å². The third kappa shape index (κ3) is 5.64. The number of likely N-dealkylation sites (tertiary alicyclic amines) is 1. The lowest BCUT2D eigenvalue weighted by atomic mass is 9.99. The number of rotatable bonds is 8. The molecule has 1 aromatic carbocycles. The standard InChI is InChI=1S/C19H25NO3/c21-14-5-4-13-20-17(9-6-10-19(20)23)11-12-18(22)15-16-7-2-1-3-8-16/h1-3,7-8,11-12,17,21H,4-6,9-10,13-15H2/b12-11+/t17-/m1/s1. The number of benzene rings is 1. The van der Waals surface area contributed by atoms with Gasteiger partial charge in [-0.1, -0.05) is 36.4 Å². The highest BCUT2D eigenvalue weighted by molar-refractivity contribution is 5.91. The van der Waals surface area contributed by atoms with Crippen LogP contribution >= 0.6 is 0 Å². The molecule has 1 amide bonds. The van der Waals surface area contributed by atoms with E-state index in [9.17, 15) is 9.59 Å². The number of unbranched alkanes of at least 4 members (excludes halogenated alkanes) is 1. The van der Waals surface area contributed by atoms with E-state index in [1.54, 1.807) is 6.08 Å². The summed E-state index contributed by atoms with van der Waals surface area (Å²) in [5, 5.41) is 8.88. The average molecular weight is 315 g/mol. The molecule has 0 aliphatic carbocycles. The molecule has 0 spiro atoms. The Labute approximate surface area is 137 Å². The van der Waals surface area contributed by atoms with Crippen molar-refractivity contribution in [3.63, 3.8) is 0 Å². The lowest BCUT2D eigenvalue weighted by Gasteiger charge is -2.34. The van der Waals surface area contributed by atoms with Gasteiger partial charge in [0.1, 0.15) is 0 Å². The van der Waals surface area contributed by atoms with E-state index in [1.165, 1.54) is 0 Å². The molecule has 0 radical (unpaired) electrons. The van der Waals surface area contributed by atoms with Crippen LogP contribution in [0.4, 0.5) is 0 Å². The molecule has 0 bridgehead atoms. The number of hydrogen-bond acceptors (Lipinski definition) is 3. The first-order chi connectivity index (χ1) is 11.2. The highest BCUT2D eigenvalue weighted by Gasteiger charge is 2.25. The minimum atomic E-state index is 0.00895. The molecular formula is C19H25NO3. The fraction of sp³-hybridized carbons (Fsp3) is 0.474. The van der Waals surface area contributed by atoms with Gasteiger partial charge >= 0.3 is 0 Å². The van der Waals surface area contributed by atoms with Crippen LogP contribution in [0.2, 0.25) is 0 Å². The number of aliphatic hydroxyl groups is 1. The summed E-state index contributed by atoms with van der Waals surface area (Å²) in [6.45, 7) is 0.805. The number of ketones is 1. The van der Waals surface area contributed by atoms with E-state index in [-0.39, 0.29) is 24.3 Å². The number of piperidine rings is 1. The Morgan fingerprint density at radius 1 is 1.26 bits per heavy atom. The molecule has 1 N–H and O–H groups in total. The fourth-order valence-electron chi connectivity index (χ4n) is 2.91. The van der Waals surface area contributed by atoms with Gasteiger partial charge in [-0.2, -0.15) is 0 Å². The normalized spacial score (nSPS) is 18.6. The van der Waals surface area contributed by atoms with E-state index < -0.39 is 0 Å². The summed E-state index contributed by atoms with van der Waals surface area (Å²) >= 11 is 0. The first-order valence-corrected chi connectivity index (χ1v) is 8.36. The molecule has 0 unspecified atom stereocenters. The highest BCUT2D eigenvalue weighted by atomic mass is 16.3. The second-order valence-electron chi connectivity index (χ2n) is 5.97. The largest absolute Gasteiger partial charge is 0.396 e. The molecule has 1 aliphatic rings. The van der Waals surface area contributed by atoms with Gasteiger partial charge < -0.3 is 10.0 Å². The van der Waals surface area contributed by atoms with Gasteiger partial charge in [-0.25, -0.2) is 0 Å². The molecule has 1 atom stereocenters. The summed E-state index contributed by atoms with van der Waals surface area (Å²) in [6, 6.07) is 9.68. The molecule has 2 rings (SSSR count). The zero-order chi connectivity index (χ0) is 16.5. The van der Waals surface area contributed by atoms with Gasteiger partial charge in [0.2, 0.25) is 5.91 Å². The van der Waals surface area contributed by atoms with Crippen LogP contribution in [-0.4, -0.2) is 40.9 Å². The molecule has 0 aromatic heterocycles. The van der Waals surface area contributed by atoms with Crippen molar-refractivity contribution in [1.29, 1.82) is 0 Å². The number of aliphatic hydroxyl groups excluding tert-OH is 1. The van der Waals surface area contributed by atoms with Crippen molar-refractivity contribution >= 4 is 11.7 Å². The number of nitrogens with zero attached hydrogens (tertiary/aromatic N) is 1. The SMILES string of the molecule is O=C(/C=C/[C@H]1CCCC(=O)N1CCCCO)Cc1ccccc1. The number of amides is 1. The van der Waals surface area contributed by atoms with Crippen molar-refractivity contribution in [2.75, 3.05) is 13.2 Å². The summed E-state index contributed by atoms with van der Waals surface area (Å²) in [4.78, 5) is 26.0. The molecular weight excluding hydrogens is 290 g/mol. The van der Waals surface area contributed by atoms with E-state index in [1.807, 2.05) is 41.3 Å². The average Bonchev–Trinajstić information content (AvgIpc) is 2.56. The smallest absolute Gasteiger partial charge is 0.223 e. The van der Waals surface area contributed by atoms with Crippen molar-refractivity contribution in [2.24, 2.45) is 0 Å². The predicted octanol–water partition coefficient (Wildman–Crippen LogP) is 2.51. The number of carbonyl (C=O) groups excluding carboxylic acids is 2. The predicted molar refractivity (Wildman–Crippen MR) is 90.0 cm³/mol. The number of hydrogen-bond donors (Lipinski definition) is 1. The van der Waals surface area contributed by atoms with Gasteiger partial charge in [0.05, 0.1) is 6.04 Å². The summed E-state index contributed by atoms with van der Waals surface area (Å²) in [7, 11) is 0. The van der Waals surface area contributed by atoms with Crippen LogP contribution in [0.1, 0.15) is 37.7 Å². The van der Waals surface area contributed by atoms with Gasteiger partial charge in [-0.15, -0.1) is 0 Å². The van der Waals surface area contributed by atoms with Crippen molar-refractivity contribution in [2.45, 2.75) is 44.6 Å². The Bertz CT molecular complexity index is 539. The maximum absolute atomic E-state index is 12.1. The first kappa shape index (κ1) is 17.4. The summed E-state index contributed by atoms with van der Waals surface area (Å²) in [5.41, 5.74) is 1.00. The van der Waals surface area contributed by atoms with E-state index in [2.05, 4.69) is 0 Å². The van der Waals surface area contributed by atoms with Crippen LogP contribution in [0.15, 0.2) is 42.5 Å². The molecule has 4 heteroatoms.